The first-order valence-electron chi connectivity index (χ1n) is 9.59. The molecule has 0 bridgehead atoms. The quantitative estimate of drug-likeness (QED) is 0.210. The van der Waals surface area contributed by atoms with Crippen LogP contribution >= 0.6 is 24.0 Å². The second-order valence-corrected chi connectivity index (χ2v) is 6.99. The molecule has 0 aliphatic rings. The molecule has 2 aromatic carbocycles. The molecule has 0 saturated carbocycles. The summed E-state index contributed by atoms with van der Waals surface area (Å²) in [6.07, 6.45) is 1.66. The third-order valence-corrected chi connectivity index (χ3v) is 4.74. The molecule has 7 heteroatoms. The number of benzene rings is 2. The molecule has 30 heavy (non-hydrogen) atoms. The predicted molar refractivity (Wildman–Crippen MR) is 130 cm³/mol. The van der Waals surface area contributed by atoms with Gasteiger partial charge in [0.2, 0.25) is 5.89 Å². The Morgan fingerprint density at radius 3 is 2.63 bits per heavy atom. The van der Waals surface area contributed by atoms with Crippen LogP contribution in [-0.2, 0) is 6.54 Å². The van der Waals surface area contributed by atoms with Crippen LogP contribution < -0.4 is 10.6 Å². The Morgan fingerprint density at radius 1 is 1.13 bits per heavy atom. The highest BCUT2D eigenvalue weighted by atomic mass is 127. The number of nitrogens with zero attached hydrogens (tertiary/aromatic N) is 2. The minimum atomic E-state index is -0.0333. The molecule has 0 radical (unpaired) electrons. The lowest BCUT2D eigenvalue weighted by Gasteiger charge is -2.15. The lowest BCUT2D eigenvalue weighted by molar-refractivity contribution is 0.488. The number of halogens is 1. The molecule has 0 amide bonds. The van der Waals surface area contributed by atoms with Crippen molar-refractivity contribution < 1.29 is 8.83 Å². The fourth-order valence-electron chi connectivity index (χ4n) is 3.08. The summed E-state index contributed by atoms with van der Waals surface area (Å²) in [6, 6.07) is 18.1. The summed E-state index contributed by atoms with van der Waals surface area (Å²) in [5.41, 5.74) is 3.85. The number of hydrogen-bond acceptors (Lipinski definition) is 4. The summed E-state index contributed by atoms with van der Waals surface area (Å²) in [7, 11) is 1.74. The molecule has 1 unspecified atom stereocenters. The Kier molecular flexibility index (Phi) is 7.15. The molecule has 2 heterocycles. The van der Waals surface area contributed by atoms with Gasteiger partial charge in [-0.3, -0.25) is 4.99 Å². The van der Waals surface area contributed by atoms with Gasteiger partial charge in [-0.15, -0.1) is 24.0 Å². The van der Waals surface area contributed by atoms with Crippen molar-refractivity contribution in [1.82, 2.24) is 15.6 Å². The van der Waals surface area contributed by atoms with E-state index in [4.69, 9.17) is 8.83 Å². The number of nitrogens with one attached hydrogen (secondary N) is 2. The van der Waals surface area contributed by atoms with E-state index in [9.17, 15) is 0 Å². The van der Waals surface area contributed by atoms with Crippen molar-refractivity contribution in [3.05, 3.63) is 77.9 Å². The maximum Gasteiger partial charge on any atom is 0.226 e. The molecule has 4 aromatic rings. The normalized spacial score (nSPS) is 12.4. The van der Waals surface area contributed by atoms with Gasteiger partial charge in [0.15, 0.2) is 5.96 Å². The standard InChI is InChI=1S/C23H24N4O2.HI/c1-15-8-10-17(11-9-15)22-27-19(14-28-22)13-25-23(24-3)26-16(2)21-12-18-6-4-5-7-20(18)29-21;/h4-12,14,16H,13H2,1-3H3,(H2,24,25,26);1H. The first-order chi connectivity index (χ1) is 14.1. The Balaban J connectivity index is 0.00000256. The van der Waals surface area contributed by atoms with E-state index in [2.05, 4.69) is 27.5 Å². The summed E-state index contributed by atoms with van der Waals surface area (Å²) < 4.78 is 11.5. The highest BCUT2D eigenvalue weighted by Gasteiger charge is 2.13. The first kappa shape index (κ1) is 21.9. The molecular formula is C23H25IN4O2. The van der Waals surface area contributed by atoms with Crippen LogP contribution in [0, 0.1) is 6.92 Å². The fourth-order valence-corrected chi connectivity index (χ4v) is 3.08. The lowest BCUT2D eigenvalue weighted by atomic mass is 10.1. The van der Waals surface area contributed by atoms with Gasteiger partial charge in [-0.25, -0.2) is 4.98 Å². The van der Waals surface area contributed by atoms with Crippen LogP contribution in [-0.4, -0.2) is 18.0 Å². The van der Waals surface area contributed by atoms with E-state index in [0.717, 1.165) is 28.0 Å². The van der Waals surface area contributed by atoms with Gasteiger partial charge >= 0.3 is 0 Å². The Morgan fingerprint density at radius 2 is 1.90 bits per heavy atom. The summed E-state index contributed by atoms with van der Waals surface area (Å²) in [6.45, 7) is 4.59. The van der Waals surface area contributed by atoms with Gasteiger partial charge in [0.05, 0.1) is 18.3 Å². The third-order valence-electron chi connectivity index (χ3n) is 4.74. The van der Waals surface area contributed by atoms with Crippen molar-refractivity contribution in [2.75, 3.05) is 7.05 Å². The Hall–Kier alpha value is -2.81. The number of oxazole rings is 1. The number of fused-ring (bicyclic) bond motifs is 1. The molecule has 0 aliphatic heterocycles. The van der Waals surface area contributed by atoms with Crippen molar-refractivity contribution in [2.45, 2.75) is 26.4 Å². The predicted octanol–water partition coefficient (Wildman–Crippen LogP) is 5.44. The maximum atomic E-state index is 5.93. The topological polar surface area (TPSA) is 75.6 Å². The molecule has 0 saturated heterocycles. The molecule has 2 N–H and O–H groups in total. The molecule has 156 valence electrons. The van der Waals surface area contributed by atoms with Gasteiger partial charge in [-0.2, -0.15) is 0 Å². The number of rotatable bonds is 5. The molecule has 4 rings (SSSR count). The zero-order chi connectivity index (χ0) is 20.2. The van der Waals surface area contributed by atoms with Crippen LogP contribution in [0.25, 0.3) is 22.4 Å². The number of aromatic nitrogens is 1. The van der Waals surface area contributed by atoms with Crippen LogP contribution in [0.5, 0.6) is 0 Å². The molecule has 2 aromatic heterocycles. The van der Waals surface area contributed by atoms with Crippen LogP contribution in [0.3, 0.4) is 0 Å². The van der Waals surface area contributed by atoms with E-state index in [0.29, 0.717) is 18.4 Å². The van der Waals surface area contributed by atoms with Crippen LogP contribution in [0.15, 0.2) is 74.7 Å². The number of hydrogen-bond donors (Lipinski definition) is 2. The summed E-state index contributed by atoms with van der Waals surface area (Å²) in [4.78, 5) is 8.84. The molecule has 6 nitrogen and oxygen atoms in total. The zero-order valence-corrected chi connectivity index (χ0v) is 19.5. The van der Waals surface area contributed by atoms with E-state index in [-0.39, 0.29) is 30.0 Å². The van der Waals surface area contributed by atoms with E-state index >= 15 is 0 Å². The van der Waals surface area contributed by atoms with E-state index in [1.165, 1.54) is 5.56 Å². The highest BCUT2D eigenvalue weighted by molar-refractivity contribution is 14.0. The summed E-state index contributed by atoms with van der Waals surface area (Å²) in [5.74, 6) is 2.13. The monoisotopic (exact) mass is 516 g/mol. The smallest absolute Gasteiger partial charge is 0.226 e. The molecule has 0 aliphatic carbocycles. The van der Waals surface area contributed by atoms with E-state index in [1.54, 1.807) is 13.3 Å². The lowest BCUT2D eigenvalue weighted by Crippen LogP contribution is -2.38. The second kappa shape index (κ2) is 9.80. The van der Waals surface area contributed by atoms with E-state index in [1.807, 2.05) is 61.5 Å². The minimum absolute atomic E-state index is 0. The minimum Gasteiger partial charge on any atom is -0.459 e. The molecule has 0 fully saturated rings. The van der Waals surface area contributed by atoms with Crippen LogP contribution in [0.4, 0.5) is 0 Å². The van der Waals surface area contributed by atoms with Crippen molar-refractivity contribution in [2.24, 2.45) is 4.99 Å². The summed E-state index contributed by atoms with van der Waals surface area (Å²) >= 11 is 0. The van der Waals surface area contributed by atoms with Gasteiger partial charge in [0, 0.05) is 18.0 Å². The van der Waals surface area contributed by atoms with Gasteiger partial charge in [0.25, 0.3) is 0 Å². The van der Waals surface area contributed by atoms with E-state index < -0.39 is 0 Å². The highest BCUT2D eigenvalue weighted by Crippen LogP contribution is 2.23. The number of guanidine groups is 1. The maximum absolute atomic E-state index is 5.93. The number of aliphatic imine (C=N–C) groups is 1. The van der Waals surface area contributed by atoms with Gasteiger partial charge in [0.1, 0.15) is 17.6 Å². The van der Waals surface area contributed by atoms with Gasteiger partial charge < -0.3 is 19.5 Å². The largest absolute Gasteiger partial charge is 0.459 e. The molecule has 1 atom stereocenters. The number of furan rings is 1. The summed E-state index contributed by atoms with van der Waals surface area (Å²) in [5, 5.41) is 7.70. The number of aryl methyl sites for hydroxylation is 1. The van der Waals surface area contributed by atoms with Crippen LogP contribution in [0.2, 0.25) is 0 Å². The van der Waals surface area contributed by atoms with Crippen molar-refractivity contribution in [1.29, 1.82) is 0 Å². The van der Waals surface area contributed by atoms with Crippen molar-refractivity contribution in [3.63, 3.8) is 0 Å². The molecule has 0 spiro atoms. The second-order valence-electron chi connectivity index (χ2n) is 6.99. The average Bonchev–Trinajstić information content (AvgIpc) is 3.38. The van der Waals surface area contributed by atoms with Gasteiger partial charge in [-0.1, -0.05) is 35.9 Å². The average molecular weight is 516 g/mol. The fraction of sp³-hybridized carbons (Fsp3) is 0.217. The van der Waals surface area contributed by atoms with Crippen molar-refractivity contribution >= 4 is 40.9 Å². The third kappa shape index (κ3) is 5.02. The molecular weight excluding hydrogens is 491 g/mol. The Labute approximate surface area is 192 Å². The van der Waals surface area contributed by atoms with Gasteiger partial charge in [-0.05, 0) is 38.1 Å². The van der Waals surface area contributed by atoms with Crippen LogP contribution in [0.1, 0.15) is 30.0 Å². The first-order valence-corrected chi connectivity index (χ1v) is 9.59. The number of para-hydroxylation sites is 1. The Bertz CT molecular complexity index is 1100. The van der Waals surface area contributed by atoms with Crippen molar-refractivity contribution in [3.8, 4) is 11.5 Å². The SMILES string of the molecule is CN=C(NCc1coc(-c2ccc(C)cc2)n1)NC(C)c1cc2ccccc2o1.I. The zero-order valence-electron chi connectivity index (χ0n) is 17.2.